The molecular formula is C25H24N4O2S. The third-order valence-electron chi connectivity index (χ3n) is 5.22. The monoisotopic (exact) mass is 444 g/mol. The van der Waals surface area contributed by atoms with Gasteiger partial charge in [-0.2, -0.15) is 4.98 Å². The Labute approximate surface area is 192 Å². The van der Waals surface area contributed by atoms with Crippen molar-refractivity contribution in [2.75, 3.05) is 5.32 Å². The number of nitrogens with zero attached hydrogens (tertiary/aromatic N) is 2. The van der Waals surface area contributed by atoms with Gasteiger partial charge in [0.2, 0.25) is 5.89 Å². The van der Waals surface area contributed by atoms with Gasteiger partial charge in [0.05, 0.1) is 0 Å². The SMILES string of the molecule is Cc1c(NC(=S)NC(=O)c2ccc(C(C)(C)C)cc2)cccc1-c1nc2ncccc2o1. The Morgan fingerprint density at radius 1 is 1.03 bits per heavy atom. The first kappa shape index (κ1) is 21.6. The maximum atomic E-state index is 12.6. The predicted molar refractivity (Wildman–Crippen MR) is 131 cm³/mol. The van der Waals surface area contributed by atoms with Crippen molar-refractivity contribution in [3.8, 4) is 11.5 Å². The van der Waals surface area contributed by atoms with Gasteiger partial charge in [-0.15, -0.1) is 0 Å². The van der Waals surface area contributed by atoms with Crippen molar-refractivity contribution in [2.45, 2.75) is 33.1 Å². The maximum Gasteiger partial charge on any atom is 0.257 e. The van der Waals surface area contributed by atoms with Crippen LogP contribution in [0.25, 0.3) is 22.7 Å². The smallest absolute Gasteiger partial charge is 0.257 e. The molecule has 2 aromatic carbocycles. The van der Waals surface area contributed by atoms with Gasteiger partial charge >= 0.3 is 0 Å². The lowest BCUT2D eigenvalue weighted by molar-refractivity contribution is 0.0977. The third kappa shape index (κ3) is 4.53. The number of oxazole rings is 1. The lowest BCUT2D eigenvalue weighted by Crippen LogP contribution is -2.34. The minimum atomic E-state index is -0.262. The average molecular weight is 445 g/mol. The van der Waals surface area contributed by atoms with Crippen LogP contribution >= 0.6 is 12.2 Å². The fourth-order valence-corrected chi connectivity index (χ4v) is 3.54. The van der Waals surface area contributed by atoms with E-state index in [1.807, 2.05) is 55.5 Å². The Bertz CT molecular complexity index is 1270. The molecule has 4 aromatic rings. The molecule has 6 nitrogen and oxygen atoms in total. The van der Waals surface area contributed by atoms with Crippen LogP contribution in [0.15, 0.2) is 65.2 Å². The zero-order valence-corrected chi connectivity index (χ0v) is 19.2. The number of pyridine rings is 1. The first-order valence-electron chi connectivity index (χ1n) is 10.3. The number of nitrogens with one attached hydrogen (secondary N) is 2. The van der Waals surface area contributed by atoms with Crippen LogP contribution in [0.3, 0.4) is 0 Å². The summed E-state index contributed by atoms with van der Waals surface area (Å²) >= 11 is 5.38. The van der Waals surface area contributed by atoms with Gasteiger partial charge in [0, 0.05) is 23.0 Å². The Kier molecular flexibility index (Phi) is 5.76. The van der Waals surface area contributed by atoms with E-state index >= 15 is 0 Å². The Balaban J connectivity index is 1.49. The van der Waals surface area contributed by atoms with Crippen LogP contribution in [0.4, 0.5) is 5.69 Å². The van der Waals surface area contributed by atoms with Gasteiger partial charge in [-0.3, -0.25) is 10.1 Å². The molecule has 7 heteroatoms. The lowest BCUT2D eigenvalue weighted by atomic mass is 9.87. The Morgan fingerprint density at radius 3 is 2.47 bits per heavy atom. The second-order valence-electron chi connectivity index (χ2n) is 8.56. The van der Waals surface area contributed by atoms with Crippen molar-refractivity contribution in [2.24, 2.45) is 0 Å². The van der Waals surface area contributed by atoms with Gasteiger partial charge in [0.1, 0.15) is 0 Å². The summed E-state index contributed by atoms with van der Waals surface area (Å²) in [6.45, 7) is 8.34. The molecule has 1 amide bonds. The van der Waals surface area contributed by atoms with Crippen LogP contribution in [0.2, 0.25) is 0 Å². The number of rotatable bonds is 3. The summed E-state index contributed by atoms with van der Waals surface area (Å²) in [7, 11) is 0. The standard InChI is InChI=1S/C25H24N4O2S/c1-15-18(23-28-21-20(31-23)9-6-14-26-21)7-5-8-19(15)27-24(32)29-22(30)16-10-12-17(13-11-16)25(2,3)4/h5-14H,1-4H3,(H2,27,29,30,32). The topological polar surface area (TPSA) is 80.0 Å². The van der Waals surface area contributed by atoms with Gasteiger partial charge in [-0.05, 0) is 72.1 Å². The van der Waals surface area contributed by atoms with Crippen LogP contribution in [-0.4, -0.2) is 21.0 Å². The van der Waals surface area contributed by atoms with Crippen molar-refractivity contribution >= 4 is 40.2 Å². The van der Waals surface area contributed by atoms with Gasteiger partial charge in [0.15, 0.2) is 16.3 Å². The Hall–Kier alpha value is -3.58. The number of anilines is 1. The van der Waals surface area contributed by atoms with Gasteiger partial charge in [-0.1, -0.05) is 39.0 Å². The van der Waals surface area contributed by atoms with E-state index in [9.17, 15) is 4.79 Å². The molecule has 2 aromatic heterocycles. The number of hydrogen-bond donors (Lipinski definition) is 2. The van der Waals surface area contributed by atoms with Crippen molar-refractivity contribution < 1.29 is 9.21 Å². The lowest BCUT2D eigenvalue weighted by Gasteiger charge is -2.19. The van der Waals surface area contributed by atoms with Crippen LogP contribution in [0, 0.1) is 6.92 Å². The van der Waals surface area contributed by atoms with Crippen LogP contribution in [0.5, 0.6) is 0 Å². The highest BCUT2D eigenvalue weighted by Gasteiger charge is 2.16. The Morgan fingerprint density at radius 2 is 1.78 bits per heavy atom. The number of benzene rings is 2. The number of aromatic nitrogens is 2. The molecule has 2 heterocycles. The molecule has 0 bridgehead atoms. The number of carbonyl (C=O) groups is 1. The molecule has 0 unspecified atom stereocenters. The van der Waals surface area contributed by atoms with E-state index in [4.69, 9.17) is 16.6 Å². The molecule has 0 atom stereocenters. The number of fused-ring (bicyclic) bond motifs is 1. The quantitative estimate of drug-likeness (QED) is 0.399. The fourth-order valence-electron chi connectivity index (χ4n) is 3.34. The number of hydrogen-bond acceptors (Lipinski definition) is 5. The van der Waals surface area contributed by atoms with Crippen LogP contribution in [0.1, 0.15) is 42.3 Å². The fraction of sp³-hybridized carbons (Fsp3) is 0.200. The van der Waals surface area contributed by atoms with E-state index in [0.717, 1.165) is 22.4 Å². The van der Waals surface area contributed by atoms with Crippen LogP contribution < -0.4 is 10.6 Å². The van der Waals surface area contributed by atoms with Gasteiger partial charge in [-0.25, -0.2) is 4.98 Å². The molecule has 0 aliphatic rings. The van der Waals surface area contributed by atoms with Crippen molar-refractivity contribution in [1.82, 2.24) is 15.3 Å². The number of carbonyl (C=O) groups excluding carboxylic acids is 1. The highest BCUT2D eigenvalue weighted by Crippen LogP contribution is 2.30. The highest BCUT2D eigenvalue weighted by atomic mass is 32.1. The molecule has 162 valence electrons. The summed E-state index contributed by atoms with van der Waals surface area (Å²) < 4.78 is 5.85. The summed E-state index contributed by atoms with van der Waals surface area (Å²) in [5.41, 5.74) is 5.39. The first-order valence-corrected chi connectivity index (χ1v) is 10.7. The largest absolute Gasteiger partial charge is 0.434 e. The van der Waals surface area contributed by atoms with E-state index in [1.54, 1.807) is 12.3 Å². The molecule has 2 N–H and O–H groups in total. The normalized spacial score (nSPS) is 11.4. The second-order valence-corrected chi connectivity index (χ2v) is 8.97. The number of amides is 1. The van der Waals surface area contributed by atoms with E-state index in [0.29, 0.717) is 22.7 Å². The zero-order valence-electron chi connectivity index (χ0n) is 18.4. The van der Waals surface area contributed by atoms with Crippen molar-refractivity contribution in [1.29, 1.82) is 0 Å². The molecule has 0 aliphatic carbocycles. The molecule has 0 spiro atoms. The van der Waals surface area contributed by atoms with Crippen molar-refractivity contribution in [3.63, 3.8) is 0 Å². The maximum absolute atomic E-state index is 12.6. The summed E-state index contributed by atoms with van der Waals surface area (Å²) in [6, 6.07) is 16.9. The van der Waals surface area contributed by atoms with Crippen LogP contribution in [-0.2, 0) is 5.41 Å². The predicted octanol–water partition coefficient (Wildman–Crippen LogP) is 5.62. The van der Waals surface area contributed by atoms with Crippen molar-refractivity contribution in [3.05, 3.63) is 77.5 Å². The molecule has 0 radical (unpaired) electrons. The van der Waals surface area contributed by atoms with E-state index in [2.05, 4.69) is 41.4 Å². The molecule has 0 saturated carbocycles. The first-order chi connectivity index (χ1) is 15.2. The zero-order chi connectivity index (χ0) is 22.9. The van der Waals surface area contributed by atoms with E-state index < -0.39 is 0 Å². The number of thiocarbonyl (C=S) groups is 1. The third-order valence-corrected chi connectivity index (χ3v) is 5.42. The van der Waals surface area contributed by atoms with Gasteiger partial charge in [0.25, 0.3) is 5.91 Å². The highest BCUT2D eigenvalue weighted by molar-refractivity contribution is 7.80. The van der Waals surface area contributed by atoms with E-state index in [1.165, 1.54) is 0 Å². The molecule has 32 heavy (non-hydrogen) atoms. The molecule has 0 fully saturated rings. The minimum Gasteiger partial charge on any atom is -0.434 e. The summed E-state index contributed by atoms with van der Waals surface area (Å²) in [6.07, 6.45) is 1.68. The van der Waals surface area contributed by atoms with Gasteiger partial charge < -0.3 is 9.73 Å². The minimum absolute atomic E-state index is 0.0270. The second kappa shape index (κ2) is 8.51. The molecule has 0 saturated heterocycles. The summed E-state index contributed by atoms with van der Waals surface area (Å²) in [4.78, 5) is 21.3. The van der Waals surface area contributed by atoms with E-state index in [-0.39, 0.29) is 16.4 Å². The molecular weight excluding hydrogens is 420 g/mol. The average Bonchev–Trinajstić information content (AvgIpc) is 3.18. The summed E-state index contributed by atoms with van der Waals surface area (Å²) in [5, 5.41) is 6.07. The molecule has 4 rings (SSSR count). The summed E-state index contributed by atoms with van der Waals surface area (Å²) in [5.74, 6) is 0.218. The molecule has 0 aliphatic heterocycles.